The van der Waals surface area contributed by atoms with Crippen molar-refractivity contribution in [2.24, 2.45) is 16.0 Å². The standard InChI is InChI=1S/C23H28N4OS/c1-15(2)18-11-8-17(9-12-18)14-19-21(24)27-23(25-22(19)28)29-20(26-27)13-10-16-6-4-3-5-7-16/h8-9,11-12,14-16,24H,3-7,10,13H2,1-2H3/b19-14+,24-21?. The highest BCUT2D eigenvalue weighted by atomic mass is 32.2. The number of amidine groups is 2. The van der Waals surface area contributed by atoms with Crippen LogP contribution in [0.25, 0.3) is 6.08 Å². The maximum atomic E-state index is 12.6. The molecular formula is C23H28N4OS. The first-order valence-corrected chi connectivity index (χ1v) is 11.4. The number of nitrogens with one attached hydrogen (secondary N) is 1. The molecule has 0 unspecified atom stereocenters. The van der Waals surface area contributed by atoms with E-state index < -0.39 is 0 Å². The van der Waals surface area contributed by atoms with E-state index in [1.54, 1.807) is 6.08 Å². The first kappa shape index (κ1) is 20.1. The summed E-state index contributed by atoms with van der Waals surface area (Å²) in [4.78, 5) is 16.8. The van der Waals surface area contributed by atoms with Gasteiger partial charge in [-0.25, -0.2) is 0 Å². The van der Waals surface area contributed by atoms with Gasteiger partial charge < -0.3 is 0 Å². The normalized spacial score (nSPS) is 21.6. The van der Waals surface area contributed by atoms with Crippen LogP contribution in [0.2, 0.25) is 0 Å². The number of nitrogens with zero attached hydrogens (tertiary/aromatic N) is 3. The Morgan fingerprint density at radius 3 is 2.62 bits per heavy atom. The molecule has 2 aliphatic heterocycles. The first-order valence-electron chi connectivity index (χ1n) is 10.6. The van der Waals surface area contributed by atoms with Crippen molar-refractivity contribution in [1.29, 1.82) is 5.41 Å². The Bertz CT molecular complexity index is 892. The van der Waals surface area contributed by atoms with Crippen molar-refractivity contribution in [3.8, 4) is 0 Å². The summed E-state index contributed by atoms with van der Waals surface area (Å²) in [5.74, 6) is 1.01. The molecular weight excluding hydrogens is 380 g/mol. The molecule has 1 aromatic carbocycles. The summed E-state index contributed by atoms with van der Waals surface area (Å²) in [5, 5.41) is 16.1. The van der Waals surface area contributed by atoms with E-state index in [9.17, 15) is 4.79 Å². The number of amides is 1. The Labute approximate surface area is 176 Å². The van der Waals surface area contributed by atoms with E-state index in [-0.39, 0.29) is 11.7 Å². The van der Waals surface area contributed by atoms with Gasteiger partial charge in [0.15, 0.2) is 5.84 Å². The Kier molecular flexibility index (Phi) is 5.99. The SMILES string of the molecule is CC(C)c1ccc(/C=C2\C(=N)N3N=C(CCC4CCCCC4)SC3=NC2=O)cc1. The van der Waals surface area contributed by atoms with Crippen LogP contribution in [0, 0.1) is 11.3 Å². The molecule has 1 aromatic rings. The summed E-state index contributed by atoms with van der Waals surface area (Å²) >= 11 is 1.44. The van der Waals surface area contributed by atoms with E-state index in [2.05, 4.69) is 36.1 Å². The van der Waals surface area contributed by atoms with E-state index in [1.165, 1.54) is 54.4 Å². The lowest BCUT2D eigenvalue weighted by Crippen LogP contribution is -2.35. The summed E-state index contributed by atoms with van der Waals surface area (Å²) in [6.45, 7) is 4.30. The molecule has 1 fully saturated rings. The molecule has 1 saturated carbocycles. The van der Waals surface area contributed by atoms with Crippen molar-refractivity contribution < 1.29 is 4.79 Å². The molecule has 0 spiro atoms. The molecule has 29 heavy (non-hydrogen) atoms. The van der Waals surface area contributed by atoms with Gasteiger partial charge in [-0.15, -0.1) is 0 Å². The van der Waals surface area contributed by atoms with Gasteiger partial charge in [0.1, 0.15) is 5.04 Å². The summed E-state index contributed by atoms with van der Waals surface area (Å²) in [6.07, 6.45) is 10.5. The van der Waals surface area contributed by atoms with Crippen molar-refractivity contribution in [3.63, 3.8) is 0 Å². The van der Waals surface area contributed by atoms with Gasteiger partial charge in [-0.1, -0.05) is 70.2 Å². The second kappa shape index (κ2) is 8.66. The first-order chi connectivity index (χ1) is 14.0. The highest BCUT2D eigenvalue weighted by molar-refractivity contribution is 8.26. The van der Waals surface area contributed by atoms with Crippen LogP contribution >= 0.6 is 11.8 Å². The number of thioether (sulfide) groups is 1. The zero-order chi connectivity index (χ0) is 20.4. The number of carbonyl (C=O) groups is 1. The summed E-state index contributed by atoms with van der Waals surface area (Å²) in [5.41, 5.74) is 2.44. The summed E-state index contributed by atoms with van der Waals surface area (Å²) in [6, 6.07) is 8.10. The lowest BCUT2D eigenvalue weighted by molar-refractivity contribution is -0.114. The van der Waals surface area contributed by atoms with Gasteiger partial charge >= 0.3 is 0 Å². The average Bonchev–Trinajstić information content (AvgIpc) is 3.14. The number of hydrogen-bond donors (Lipinski definition) is 1. The molecule has 6 heteroatoms. The molecule has 0 bridgehead atoms. The summed E-state index contributed by atoms with van der Waals surface area (Å²) < 4.78 is 0. The fourth-order valence-corrected chi connectivity index (χ4v) is 4.98. The molecule has 1 aliphatic carbocycles. The Hall–Kier alpha value is -2.21. The van der Waals surface area contributed by atoms with Gasteiger partial charge in [-0.05, 0) is 53.6 Å². The molecule has 0 saturated heterocycles. The molecule has 5 nitrogen and oxygen atoms in total. The average molecular weight is 409 g/mol. The van der Waals surface area contributed by atoms with Crippen molar-refractivity contribution in [2.75, 3.05) is 0 Å². The van der Waals surface area contributed by atoms with Crippen molar-refractivity contribution in [1.82, 2.24) is 5.01 Å². The molecule has 2 heterocycles. The topological polar surface area (TPSA) is 68.9 Å². The van der Waals surface area contributed by atoms with Crippen LogP contribution in [-0.4, -0.2) is 27.0 Å². The molecule has 4 rings (SSSR count). The lowest BCUT2D eigenvalue weighted by atomic mass is 9.86. The zero-order valence-corrected chi connectivity index (χ0v) is 18.0. The maximum absolute atomic E-state index is 12.6. The van der Waals surface area contributed by atoms with E-state index in [0.717, 1.165) is 29.4 Å². The highest BCUT2D eigenvalue weighted by Crippen LogP contribution is 2.33. The number of benzene rings is 1. The largest absolute Gasteiger partial charge is 0.283 e. The van der Waals surface area contributed by atoms with E-state index >= 15 is 0 Å². The van der Waals surface area contributed by atoms with Gasteiger partial charge in [0.25, 0.3) is 5.91 Å². The van der Waals surface area contributed by atoms with Crippen LogP contribution in [0.1, 0.15) is 75.8 Å². The fourth-order valence-electron chi connectivity index (χ4n) is 4.08. The molecule has 1 amide bonds. The van der Waals surface area contributed by atoms with E-state index in [0.29, 0.717) is 16.7 Å². The van der Waals surface area contributed by atoms with Crippen molar-refractivity contribution >= 4 is 39.8 Å². The van der Waals surface area contributed by atoms with Crippen LogP contribution in [0.5, 0.6) is 0 Å². The fraction of sp³-hybridized carbons (Fsp3) is 0.478. The van der Waals surface area contributed by atoms with Gasteiger partial charge in [-0.2, -0.15) is 15.1 Å². The minimum absolute atomic E-state index is 0.119. The lowest BCUT2D eigenvalue weighted by Gasteiger charge is -2.20. The minimum Gasteiger partial charge on any atom is -0.282 e. The highest BCUT2D eigenvalue weighted by Gasteiger charge is 2.35. The third kappa shape index (κ3) is 4.53. The van der Waals surface area contributed by atoms with E-state index in [1.807, 2.05) is 12.1 Å². The van der Waals surface area contributed by atoms with Crippen LogP contribution in [0.3, 0.4) is 0 Å². The molecule has 1 N–H and O–H groups in total. The molecule has 152 valence electrons. The second-order valence-corrected chi connectivity index (χ2v) is 9.42. The Balaban J connectivity index is 1.47. The number of fused-ring (bicyclic) bond motifs is 1. The number of aliphatic imine (C=N–C) groups is 1. The van der Waals surface area contributed by atoms with Gasteiger partial charge in [0.05, 0.1) is 5.57 Å². The van der Waals surface area contributed by atoms with Crippen molar-refractivity contribution in [2.45, 2.75) is 64.7 Å². The third-order valence-electron chi connectivity index (χ3n) is 5.90. The van der Waals surface area contributed by atoms with Crippen LogP contribution in [-0.2, 0) is 4.79 Å². The predicted molar refractivity (Wildman–Crippen MR) is 121 cm³/mol. The molecule has 0 radical (unpaired) electrons. The van der Waals surface area contributed by atoms with Crippen molar-refractivity contribution in [3.05, 3.63) is 41.0 Å². The smallest absolute Gasteiger partial charge is 0.282 e. The number of hydrogen-bond acceptors (Lipinski definition) is 4. The van der Waals surface area contributed by atoms with Crippen LogP contribution in [0.4, 0.5) is 0 Å². The number of rotatable bonds is 5. The maximum Gasteiger partial charge on any atom is 0.283 e. The Morgan fingerprint density at radius 1 is 1.21 bits per heavy atom. The second-order valence-electron chi connectivity index (χ2n) is 8.38. The third-order valence-corrected chi connectivity index (χ3v) is 6.87. The number of hydrazone groups is 1. The molecule has 0 aromatic heterocycles. The zero-order valence-electron chi connectivity index (χ0n) is 17.1. The quantitative estimate of drug-likeness (QED) is 0.627. The van der Waals surface area contributed by atoms with E-state index in [4.69, 9.17) is 5.41 Å². The summed E-state index contributed by atoms with van der Waals surface area (Å²) in [7, 11) is 0. The molecule has 3 aliphatic rings. The molecule has 0 atom stereocenters. The minimum atomic E-state index is -0.356. The van der Waals surface area contributed by atoms with Gasteiger partial charge in [-0.3, -0.25) is 10.2 Å². The van der Waals surface area contributed by atoms with Crippen LogP contribution in [0.15, 0.2) is 39.9 Å². The number of carbonyl (C=O) groups excluding carboxylic acids is 1. The monoisotopic (exact) mass is 408 g/mol. The van der Waals surface area contributed by atoms with Crippen LogP contribution < -0.4 is 0 Å². The van der Waals surface area contributed by atoms with Gasteiger partial charge in [0, 0.05) is 0 Å². The van der Waals surface area contributed by atoms with Gasteiger partial charge in [0.2, 0.25) is 5.17 Å². The predicted octanol–water partition coefficient (Wildman–Crippen LogP) is 5.79. The Morgan fingerprint density at radius 2 is 1.93 bits per heavy atom.